The Morgan fingerprint density at radius 3 is 1.64 bits per heavy atom. The monoisotopic (exact) mass is 882 g/mol. The van der Waals surface area contributed by atoms with E-state index >= 15 is 0 Å². The predicted octanol–water partition coefficient (Wildman–Crippen LogP) is 16.1. The summed E-state index contributed by atoms with van der Waals surface area (Å²) in [5.41, 5.74) is 32.5. The maximum atomic E-state index is 2.75. The lowest BCUT2D eigenvalue weighted by Crippen LogP contribution is -2.55. The van der Waals surface area contributed by atoms with Crippen LogP contribution < -0.4 is 10.9 Å². The van der Waals surface area contributed by atoms with Crippen molar-refractivity contribution in [3.8, 4) is 61.3 Å². The number of nitrogens with zero attached hydrogens (tertiary/aromatic N) is 2. The zero-order chi connectivity index (χ0) is 46.7. The van der Waals surface area contributed by atoms with Crippen molar-refractivity contribution in [1.82, 2.24) is 9.05 Å². The molecule has 10 aromatic carbocycles. The van der Waals surface area contributed by atoms with E-state index in [4.69, 9.17) is 0 Å². The molecule has 0 saturated heterocycles. The van der Waals surface area contributed by atoms with Gasteiger partial charge in [-0.25, -0.2) is 0 Å². The largest absolute Gasteiger partial charge is 0.375 e. The second-order valence-corrected chi connectivity index (χ2v) is 20.4. The van der Waals surface area contributed by atoms with Gasteiger partial charge in [0.25, 0.3) is 0 Å². The van der Waals surface area contributed by atoms with Crippen molar-refractivity contribution in [2.45, 2.75) is 55.4 Å². The second-order valence-electron chi connectivity index (χ2n) is 20.4. The lowest BCUT2D eigenvalue weighted by Gasteiger charge is -2.36. The third-order valence-electron chi connectivity index (χ3n) is 16.3. The van der Waals surface area contributed by atoms with Gasteiger partial charge in [-0.2, -0.15) is 0 Å². The molecule has 2 aliphatic heterocycles. The highest BCUT2D eigenvalue weighted by Crippen LogP contribution is 2.50. The number of aromatic nitrogens is 2. The molecule has 2 aliphatic rings. The molecule has 0 atom stereocenters. The summed E-state index contributed by atoms with van der Waals surface area (Å²) in [4.78, 5) is 0. The molecule has 0 bridgehead atoms. The summed E-state index contributed by atoms with van der Waals surface area (Å²) in [6.45, 7) is 18.3. The fourth-order valence-corrected chi connectivity index (χ4v) is 13.4. The summed E-state index contributed by atoms with van der Waals surface area (Å²) < 4.78 is 5.45. The summed E-state index contributed by atoms with van der Waals surface area (Å²) in [6.07, 6.45) is 0. The van der Waals surface area contributed by atoms with Crippen LogP contribution in [0.4, 0.5) is 0 Å². The van der Waals surface area contributed by atoms with Gasteiger partial charge in [0.1, 0.15) is 0 Å². The van der Waals surface area contributed by atoms with E-state index < -0.39 is 0 Å². The fraction of sp³-hybridized carbons (Fsp3) is 0.121. The summed E-state index contributed by atoms with van der Waals surface area (Å²) in [7, 11) is 0. The van der Waals surface area contributed by atoms with Gasteiger partial charge in [-0.3, -0.25) is 0 Å². The summed E-state index contributed by atoms with van der Waals surface area (Å²) in [5, 5.41) is 7.84. The zero-order valence-electron chi connectivity index (χ0n) is 40.6. The SMILES string of the molecule is Cc1cc2c3c(c1)c1c4ccccc4c(-c4c(C)cccc4C)cc1n3-c1cc(-c3c(C)cccc3C)c(C)c3c1B2n1c2ccc(-c4ccccc4C)cc2c2cc(-c4ccccc4C)cc-3c21. The second kappa shape index (κ2) is 14.3. The standard InChI is InChI=1S/C66H51BN2/c1-36-29-54-63-49-26-14-13-25-48(49)52(61-41(6)21-16-22-42(61)7)35-58(63)68-59-34-50(60-39(4)19-15-20-40(60)5)43(8)62-55-33-45(47-24-12-10-18-38(47)3)32-53-51-31-44(46-23-11-9-17-37(46)2)27-28-57(51)69(65(53)55)67(64(59)62)56(30-36)66(54)68/h9-35H,1-8H3. The molecule has 0 radical (unpaired) electrons. The average molecular weight is 883 g/mol. The highest BCUT2D eigenvalue weighted by Gasteiger charge is 2.43. The van der Waals surface area contributed by atoms with Crippen LogP contribution in [0.15, 0.2) is 164 Å². The number of fused-ring (bicyclic) bond motifs is 12. The summed E-state index contributed by atoms with van der Waals surface area (Å²) in [6, 6.07) is 62.9. The number of hydrogen-bond acceptors (Lipinski definition) is 0. The van der Waals surface area contributed by atoms with Gasteiger partial charge in [-0.05, 0) is 209 Å². The summed E-state index contributed by atoms with van der Waals surface area (Å²) in [5.74, 6) is 0. The molecule has 0 fully saturated rings. The van der Waals surface area contributed by atoms with Crippen LogP contribution in [0, 0.1) is 55.4 Å². The van der Waals surface area contributed by atoms with Crippen LogP contribution in [0.25, 0.3) is 116 Å². The van der Waals surface area contributed by atoms with Gasteiger partial charge < -0.3 is 9.05 Å². The van der Waals surface area contributed by atoms with Crippen LogP contribution in [-0.4, -0.2) is 15.9 Å². The van der Waals surface area contributed by atoms with Gasteiger partial charge in [-0.1, -0.05) is 127 Å². The van der Waals surface area contributed by atoms with Crippen LogP contribution in [0.1, 0.15) is 44.5 Å². The molecule has 0 unspecified atom stereocenters. The fourth-order valence-electron chi connectivity index (χ4n) is 13.4. The van der Waals surface area contributed by atoms with Crippen LogP contribution >= 0.6 is 0 Å². The Morgan fingerprint density at radius 1 is 0.362 bits per heavy atom. The molecule has 0 N–H and O–H groups in total. The van der Waals surface area contributed by atoms with Gasteiger partial charge in [0.2, 0.25) is 0 Å². The molecule has 69 heavy (non-hydrogen) atoms. The minimum absolute atomic E-state index is 0.0644. The average Bonchev–Trinajstić information content (AvgIpc) is 3.85. The van der Waals surface area contributed by atoms with E-state index in [0.29, 0.717) is 0 Å². The first-order valence-corrected chi connectivity index (χ1v) is 24.6. The molecule has 2 nitrogen and oxygen atoms in total. The first kappa shape index (κ1) is 40.2. The summed E-state index contributed by atoms with van der Waals surface area (Å²) >= 11 is 0. The Morgan fingerprint density at radius 2 is 0.957 bits per heavy atom. The van der Waals surface area contributed by atoms with Crippen molar-refractivity contribution < 1.29 is 0 Å². The highest BCUT2D eigenvalue weighted by atomic mass is 15.0. The molecular formula is C66H51BN2. The topological polar surface area (TPSA) is 9.86 Å². The maximum absolute atomic E-state index is 2.75. The van der Waals surface area contributed by atoms with Gasteiger partial charge in [0, 0.05) is 43.8 Å². The molecule has 0 aliphatic carbocycles. The minimum Gasteiger partial charge on any atom is -0.375 e. The highest BCUT2D eigenvalue weighted by molar-refractivity contribution is 6.90. The molecule has 2 aromatic heterocycles. The molecule has 328 valence electrons. The van der Waals surface area contributed by atoms with E-state index in [2.05, 4.69) is 228 Å². The molecule has 0 saturated carbocycles. The Bertz CT molecular complexity index is 4250. The molecule has 0 amide bonds. The van der Waals surface area contributed by atoms with Crippen LogP contribution in [0.5, 0.6) is 0 Å². The van der Waals surface area contributed by atoms with Crippen molar-refractivity contribution in [2.24, 2.45) is 0 Å². The zero-order valence-corrected chi connectivity index (χ0v) is 40.6. The van der Waals surface area contributed by atoms with Crippen LogP contribution in [-0.2, 0) is 0 Å². The molecule has 4 heterocycles. The molecule has 0 spiro atoms. The molecule has 3 heteroatoms. The van der Waals surface area contributed by atoms with Crippen molar-refractivity contribution in [2.75, 3.05) is 0 Å². The van der Waals surface area contributed by atoms with E-state index in [0.717, 1.165) is 0 Å². The molecule has 12 aromatic rings. The van der Waals surface area contributed by atoms with Crippen molar-refractivity contribution >= 4 is 72.2 Å². The van der Waals surface area contributed by atoms with Crippen molar-refractivity contribution in [3.05, 3.63) is 208 Å². The van der Waals surface area contributed by atoms with Crippen molar-refractivity contribution in [1.29, 1.82) is 0 Å². The lowest BCUT2D eigenvalue weighted by atomic mass is 9.45. The van der Waals surface area contributed by atoms with E-state index in [1.54, 1.807) is 0 Å². The Labute approximate surface area is 404 Å². The quantitative estimate of drug-likeness (QED) is 0.156. The lowest BCUT2D eigenvalue weighted by molar-refractivity contribution is 1.17. The number of rotatable bonds is 4. The van der Waals surface area contributed by atoms with Gasteiger partial charge in [0.05, 0.1) is 11.0 Å². The Hall–Kier alpha value is -7.88. The number of benzene rings is 10. The van der Waals surface area contributed by atoms with Gasteiger partial charge in [0.15, 0.2) is 0 Å². The molecule has 14 rings (SSSR count). The van der Waals surface area contributed by atoms with Gasteiger partial charge in [-0.15, -0.1) is 0 Å². The van der Waals surface area contributed by atoms with Crippen molar-refractivity contribution in [3.63, 3.8) is 0 Å². The first-order chi connectivity index (χ1) is 33.6. The Balaban J connectivity index is 1.22. The van der Waals surface area contributed by atoms with E-state index in [1.165, 1.54) is 171 Å². The number of hydrogen-bond donors (Lipinski definition) is 0. The third-order valence-corrected chi connectivity index (χ3v) is 16.3. The van der Waals surface area contributed by atoms with E-state index in [1.807, 2.05) is 0 Å². The number of aryl methyl sites for hydroxylation is 7. The first-order valence-electron chi connectivity index (χ1n) is 24.6. The van der Waals surface area contributed by atoms with E-state index in [9.17, 15) is 0 Å². The minimum atomic E-state index is -0.0644. The normalized spacial score (nSPS) is 12.6. The molecular weight excluding hydrogens is 832 g/mol. The van der Waals surface area contributed by atoms with Crippen LogP contribution in [0.2, 0.25) is 0 Å². The van der Waals surface area contributed by atoms with E-state index in [-0.39, 0.29) is 6.85 Å². The van der Waals surface area contributed by atoms with Crippen LogP contribution in [0.3, 0.4) is 0 Å². The third kappa shape index (κ3) is 5.39. The predicted molar refractivity (Wildman–Crippen MR) is 297 cm³/mol. The Kier molecular flexibility index (Phi) is 8.35. The smallest absolute Gasteiger partial charge is 0.333 e. The van der Waals surface area contributed by atoms with Gasteiger partial charge >= 0.3 is 6.85 Å². The maximum Gasteiger partial charge on any atom is 0.333 e.